The Bertz CT molecular complexity index is 1200. The van der Waals surface area contributed by atoms with Crippen LogP contribution >= 0.6 is 0 Å². The minimum Gasteiger partial charge on any atom is -0.497 e. The molecule has 39 heavy (non-hydrogen) atoms. The molecule has 2 aromatic rings. The number of nitrogens with zero attached hydrogens (tertiary/aromatic N) is 2. The van der Waals surface area contributed by atoms with Crippen LogP contribution in [0, 0.1) is 0 Å². The lowest BCUT2D eigenvalue weighted by atomic mass is 9.95. The lowest BCUT2D eigenvalue weighted by molar-refractivity contribution is -0.141. The fraction of sp³-hybridized carbons (Fsp3) is 0.517. The number of ether oxygens (including phenoxy) is 2. The molecular weight excluding hydrogens is 518 g/mol. The van der Waals surface area contributed by atoms with Gasteiger partial charge in [-0.15, -0.1) is 0 Å². The summed E-state index contributed by atoms with van der Waals surface area (Å²) in [6.07, 6.45) is 6.81. The van der Waals surface area contributed by atoms with Crippen molar-refractivity contribution < 1.29 is 27.5 Å². The standard InChI is InChI=1S/C29H41N3O6S/c1-22(29(34)30-24-10-6-5-7-11-24)31(21-23-15-17-26(37-2)18-16-23)28(33)14-9-19-32(39(4,35)36)25-12-8-13-27(20-25)38-3/h8,12-13,15-18,20,22,24H,5-7,9-11,14,19,21H2,1-4H3,(H,30,34)/t22-/m1/s1. The van der Waals surface area contributed by atoms with E-state index >= 15 is 0 Å². The van der Waals surface area contributed by atoms with E-state index in [0.717, 1.165) is 37.5 Å². The van der Waals surface area contributed by atoms with Gasteiger partial charge in [-0.2, -0.15) is 0 Å². The second-order valence-electron chi connectivity index (χ2n) is 10.0. The summed E-state index contributed by atoms with van der Waals surface area (Å²) in [5.74, 6) is 0.868. The van der Waals surface area contributed by atoms with Crippen molar-refractivity contribution in [3.05, 3.63) is 54.1 Å². The molecular formula is C29H41N3O6S. The molecule has 0 heterocycles. The molecule has 1 saturated carbocycles. The fourth-order valence-corrected chi connectivity index (χ4v) is 5.81. The molecule has 1 aliphatic carbocycles. The minimum absolute atomic E-state index is 0.0905. The molecule has 2 aromatic carbocycles. The molecule has 0 saturated heterocycles. The third-order valence-corrected chi connectivity index (χ3v) is 8.32. The van der Waals surface area contributed by atoms with E-state index in [9.17, 15) is 18.0 Å². The van der Waals surface area contributed by atoms with Gasteiger partial charge in [-0.05, 0) is 56.0 Å². The van der Waals surface area contributed by atoms with Gasteiger partial charge in [0.1, 0.15) is 17.5 Å². The number of amides is 2. The topological polar surface area (TPSA) is 105 Å². The highest BCUT2D eigenvalue weighted by Gasteiger charge is 2.28. The summed E-state index contributed by atoms with van der Waals surface area (Å²) in [4.78, 5) is 28.3. The highest BCUT2D eigenvalue weighted by atomic mass is 32.2. The van der Waals surface area contributed by atoms with E-state index in [1.54, 1.807) is 43.2 Å². The summed E-state index contributed by atoms with van der Waals surface area (Å²) in [5, 5.41) is 3.13. The number of methoxy groups -OCH3 is 2. The van der Waals surface area contributed by atoms with Crippen molar-refractivity contribution >= 4 is 27.5 Å². The quantitative estimate of drug-likeness (QED) is 0.396. The van der Waals surface area contributed by atoms with Crippen molar-refractivity contribution in [2.75, 3.05) is 31.3 Å². The Kier molecular flexibility index (Phi) is 11.0. The van der Waals surface area contributed by atoms with Gasteiger partial charge in [-0.25, -0.2) is 8.42 Å². The van der Waals surface area contributed by atoms with Gasteiger partial charge in [-0.3, -0.25) is 13.9 Å². The number of benzene rings is 2. The molecule has 0 radical (unpaired) electrons. The van der Waals surface area contributed by atoms with Crippen molar-refractivity contribution in [3.8, 4) is 11.5 Å². The second kappa shape index (κ2) is 14.2. The maximum Gasteiger partial charge on any atom is 0.242 e. The van der Waals surface area contributed by atoms with E-state index < -0.39 is 16.1 Å². The molecule has 9 nitrogen and oxygen atoms in total. The predicted molar refractivity (Wildman–Crippen MR) is 152 cm³/mol. The molecule has 1 fully saturated rings. The zero-order valence-corrected chi connectivity index (χ0v) is 24.2. The van der Waals surface area contributed by atoms with E-state index in [4.69, 9.17) is 9.47 Å². The third-order valence-electron chi connectivity index (χ3n) is 7.12. The Morgan fingerprint density at radius 2 is 1.67 bits per heavy atom. The predicted octanol–water partition coefficient (Wildman–Crippen LogP) is 4.12. The van der Waals surface area contributed by atoms with Crippen LogP contribution in [0.25, 0.3) is 0 Å². The molecule has 0 bridgehead atoms. The monoisotopic (exact) mass is 559 g/mol. The molecule has 10 heteroatoms. The van der Waals surface area contributed by atoms with Gasteiger partial charge in [0.2, 0.25) is 21.8 Å². The smallest absolute Gasteiger partial charge is 0.242 e. The van der Waals surface area contributed by atoms with Gasteiger partial charge in [0.15, 0.2) is 0 Å². The summed E-state index contributed by atoms with van der Waals surface area (Å²) in [6.45, 7) is 2.13. The Morgan fingerprint density at radius 3 is 2.28 bits per heavy atom. The van der Waals surface area contributed by atoms with Crippen LogP contribution in [0.3, 0.4) is 0 Å². The number of carbonyl (C=O) groups excluding carboxylic acids is 2. The maximum absolute atomic E-state index is 13.5. The van der Waals surface area contributed by atoms with Gasteiger partial charge in [0.25, 0.3) is 0 Å². The molecule has 0 aliphatic heterocycles. The van der Waals surface area contributed by atoms with Crippen LogP contribution in [-0.2, 0) is 26.2 Å². The summed E-state index contributed by atoms with van der Waals surface area (Å²) >= 11 is 0. The number of anilines is 1. The van der Waals surface area contributed by atoms with Crippen molar-refractivity contribution in [2.45, 2.75) is 70.5 Å². The molecule has 214 valence electrons. The summed E-state index contributed by atoms with van der Waals surface area (Å²) < 4.78 is 36.8. The van der Waals surface area contributed by atoms with Crippen LogP contribution in [0.1, 0.15) is 57.4 Å². The number of hydrogen-bond donors (Lipinski definition) is 1. The summed E-state index contributed by atoms with van der Waals surface area (Å²) in [6, 6.07) is 13.7. The zero-order valence-electron chi connectivity index (χ0n) is 23.4. The Hall–Kier alpha value is -3.27. The van der Waals surface area contributed by atoms with Crippen molar-refractivity contribution in [1.29, 1.82) is 0 Å². The van der Waals surface area contributed by atoms with E-state index in [1.165, 1.54) is 17.8 Å². The number of nitrogens with one attached hydrogen (secondary N) is 1. The number of hydrogen-bond acceptors (Lipinski definition) is 6. The van der Waals surface area contributed by atoms with Gasteiger partial charge >= 0.3 is 0 Å². The molecule has 0 spiro atoms. The SMILES string of the molecule is COc1ccc(CN(C(=O)CCCN(c2cccc(OC)c2)S(C)(=O)=O)[C@H](C)C(=O)NC2CCCCC2)cc1. The van der Waals surface area contributed by atoms with Gasteiger partial charge in [0, 0.05) is 31.6 Å². The highest BCUT2D eigenvalue weighted by Crippen LogP contribution is 2.24. The lowest BCUT2D eigenvalue weighted by Gasteiger charge is -2.31. The Balaban J connectivity index is 1.72. The van der Waals surface area contributed by atoms with Crippen LogP contribution in [-0.4, -0.2) is 64.2 Å². The van der Waals surface area contributed by atoms with Crippen molar-refractivity contribution in [3.63, 3.8) is 0 Å². The first-order valence-corrected chi connectivity index (χ1v) is 15.3. The average Bonchev–Trinajstić information content (AvgIpc) is 2.93. The Morgan fingerprint density at radius 1 is 1.00 bits per heavy atom. The third kappa shape index (κ3) is 8.88. The number of rotatable bonds is 13. The van der Waals surface area contributed by atoms with Gasteiger partial charge < -0.3 is 19.7 Å². The zero-order chi connectivity index (χ0) is 28.4. The van der Waals surface area contributed by atoms with Crippen LogP contribution in [0.2, 0.25) is 0 Å². The van der Waals surface area contributed by atoms with Crippen LogP contribution in [0.15, 0.2) is 48.5 Å². The maximum atomic E-state index is 13.5. The second-order valence-corrected chi connectivity index (χ2v) is 11.9. The first kappa shape index (κ1) is 30.3. The van der Waals surface area contributed by atoms with Crippen LogP contribution in [0.5, 0.6) is 11.5 Å². The molecule has 3 rings (SSSR count). The molecule has 0 unspecified atom stereocenters. The van der Waals surface area contributed by atoms with Crippen molar-refractivity contribution in [1.82, 2.24) is 10.2 Å². The molecule has 1 N–H and O–H groups in total. The summed E-state index contributed by atoms with van der Waals surface area (Å²) in [7, 11) is -0.475. The fourth-order valence-electron chi connectivity index (χ4n) is 4.85. The van der Waals surface area contributed by atoms with Crippen molar-refractivity contribution in [2.24, 2.45) is 0 Å². The van der Waals surface area contributed by atoms with E-state index in [1.807, 2.05) is 24.3 Å². The first-order valence-electron chi connectivity index (χ1n) is 13.5. The molecule has 2 amide bonds. The minimum atomic E-state index is -3.59. The Labute approximate surface area is 232 Å². The number of sulfonamides is 1. The molecule has 1 aliphatic rings. The first-order chi connectivity index (χ1) is 18.6. The summed E-state index contributed by atoms with van der Waals surface area (Å²) in [5.41, 5.74) is 1.34. The molecule has 0 aromatic heterocycles. The molecule has 1 atom stereocenters. The van der Waals surface area contributed by atoms with Crippen LogP contribution in [0.4, 0.5) is 5.69 Å². The highest BCUT2D eigenvalue weighted by molar-refractivity contribution is 7.92. The van der Waals surface area contributed by atoms with Crippen LogP contribution < -0.4 is 19.1 Å². The normalized spacial score (nSPS) is 14.8. The number of carbonyl (C=O) groups is 2. The van der Waals surface area contributed by atoms with E-state index in [0.29, 0.717) is 23.6 Å². The van der Waals surface area contributed by atoms with E-state index in [-0.39, 0.29) is 37.4 Å². The average molecular weight is 560 g/mol. The lowest BCUT2D eigenvalue weighted by Crippen LogP contribution is -2.50. The van der Waals surface area contributed by atoms with Gasteiger partial charge in [-0.1, -0.05) is 37.5 Å². The van der Waals surface area contributed by atoms with Gasteiger partial charge in [0.05, 0.1) is 26.2 Å². The van der Waals surface area contributed by atoms with E-state index in [2.05, 4.69) is 5.32 Å². The largest absolute Gasteiger partial charge is 0.497 e.